The van der Waals surface area contributed by atoms with Crippen LogP contribution in [0, 0.1) is 0 Å². The molecule has 0 aromatic carbocycles. The van der Waals surface area contributed by atoms with E-state index in [9.17, 15) is 0 Å². The lowest BCUT2D eigenvalue weighted by Crippen LogP contribution is -2.40. The second-order valence-corrected chi connectivity index (χ2v) is 5.57. The molecular formula is C14H26N2OS. The second kappa shape index (κ2) is 9.50. The summed E-state index contributed by atoms with van der Waals surface area (Å²) in [6.07, 6.45) is 1.08. The highest BCUT2D eigenvalue weighted by Crippen LogP contribution is 2.13. The molecule has 1 heterocycles. The number of thiophene rings is 1. The summed E-state index contributed by atoms with van der Waals surface area (Å²) >= 11 is 1.84. The van der Waals surface area contributed by atoms with Gasteiger partial charge in [-0.15, -0.1) is 11.3 Å². The van der Waals surface area contributed by atoms with Crippen molar-refractivity contribution >= 4 is 11.3 Å². The van der Waals surface area contributed by atoms with Crippen LogP contribution in [0.5, 0.6) is 0 Å². The van der Waals surface area contributed by atoms with E-state index in [0.29, 0.717) is 6.04 Å². The molecule has 1 atom stereocenters. The molecular weight excluding hydrogens is 244 g/mol. The van der Waals surface area contributed by atoms with Gasteiger partial charge in [0.25, 0.3) is 0 Å². The van der Waals surface area contributed by atoms with E-state index >= 15 is 0 Å². The Morgan fingerprint density at radius 2 is 2.33 bits per heavy atom. The first kappa shape index (κ1) is 15.6. The van der Waals surface area contributed by atoms with Crippen molar-refractivity contribution in [2.45, 2.75) is 32.9 Å². The molecule has 0 aliphatic rings. The zero-order valence-electron chi connectivity index (χ0n) is 11.8. The van der Waals surface area contributed by atoms with Gasteiger partial charge in [0.05, 0.1) is 0 Å². The molecule has 0 fully saturated rings. The van der Waals surface area contributed by atoms with Gasteiger partial charge < -0.3 is 10.1 Å². The predicted molar refractivity (Wildman–Crippen MR) is 79.2 cm³/mol. The molecule has 0 radical (unpaired) electrons. The highest BCUT2D eigenvalue weighted by molar-refractivity contribution is 7.09. The fourth-order valence-corrected chi connectivity index (χ4v) is 2.69. The van der Waals surface area contributed by atoms with Gasteiger partial charge >= 0.3 is 0 Å². The van der Waals surface area contributed by atoms with Crippen LogP contribution in [-0.4, -0.2) is 44.3 Å². The summed E-state index contributed by atoms with van der Waals surface area (Å²) in [6.45, 7) is 9.61. The van der Waals surface area contributed by atoms with E-state index < -0.39 is 0 Å². The molecule has 3 nitrogen and oxygen atoms in total. The van der Waals surface area contributed by atoms with Crippen LogP contribution in [0.15, 0.2) is 17.5 Å². The highest BCUT2D eigenvalue weighted by atomic mass is 32.1. The first-order valence-corrected chi connectivity index (χ1v) is 7.62. The first-order valence-electron chi connectivity index (χ1n) is 6.74. The van der Waals surface area contributed by atoms with Crippen LogP contribution >= 0.6 is 11.3 Å². The molecule has 0 bridgehead atoms. The maximum atomic E-state index is 5.04. The summed E-state index contributed by atoms with van der Waals surface area (Å²) < 4.78 is 5.04. The fraction of sp³-hybridized carbons (Fsp3) is 0.714. The molecule has 0 aliphatic heterocycles. The van der Waals surface area contributed by atoms with Gasteiger partial charge in [-0.25, -0.2) is 0 Å². The van der Waals surface area contributed by atoms with Crippen LogP contribution in [0.25, 0.3) is 0 Å². The molecule has 1 rings (SSSR count). The maximum absolute atomic E-state index is 5.04. The molecule has 0 aliphatic carbocycles. The van der Waals surface area contributed by atoms with Crippen LogP contribution in [0.4, 0.5) is 0 Å². The van der Waals surface area contributed by atoms with E-state index in [1.165, 1.54) is 4.88 Å². The molecule has 4 heteroatoms. The van der Waals surface area contributed by atoms with Gasteiger partial charge in [-0.1, -0.05) is 13.0 Å². The number of nitrogens with zero attached hydrogens (tertiary/aromatic N) is 1. The van der Waals surface area contributed by atoms with Gasteiger partial charge in [0, 0.05) is 37.7 Å². The van der Waals surface area contributed by atoms with E-state index in [1.54, 1.807) is 7.11 Å². The van der Waals surface area contributed by atoms with Gasteiger partial charge in [0.15, 0.2) is 0 Å². The minimum absolute atomic E-state index is 0.569. The Balaban J connectivity index is 2.22. The van der Waals surface area contributed by atoms with Gasteiger partial charge in [-0.2, -0.15) is 0 Å². The number of rotatable bonds is 10. The SMILES string of the molecule is CCN(Cc1cccs1)C(C)CNCCCOC. The number of methoxy groups -OCH3 is 1. The van der Waals surface area contributed by atoms with Crippen LogP contribution in [0.2, 0.25) is 0 Å². The lowest BCUT2D eigenvalue weighted by molar-refractivity contribution is 0.187. The monoisotopic (exact) mass is 270 g/mol. The Hall–Kier alpha value is -0.420. The summed E-state index contributed by atoms with van der Waals surface area (Å²) in [4.78, 5) is 3.96. The minimum atomic E-state index is 0.569. The van der Waals surface area contributed by atoms with Crippen molar-refractivity contribution < 1.29 is 4.74 Å². The molecule has 0 saturated carbocycles. The molecule has 0 spiro atoms. The summed E-state index contributed by atoms with van der Waals surface area (Å²) in [5, 5.41) is 5.65. The standard InChI is InChI=1S/C14H26N2OS/c1-4-16(12-14-7-5-10-18-14)13(2)11-15-8-6-9-17-3/h5,7,10,13,15H,4,6,8-9,11-12H2,1-3H3. The van der Waals surface area contributed by atoms with E-state index in [4.69, 9.17) is 4.74 Å². The van der Waals surface area contributed by atoms with Gasteiger partial charge in [-0.3, -0.25) is 4.90 Å². The smallest absolute Gasteiger partial charge is 0.0474 e. The molecule has 18 heavy (non-hydrogen) atoms. The van der Waals surface area contributed by atoms with Crippen molar-refractivity contribution in [2.75, 3.05) is 33.4 Å². The van der Waals surface area contributed by atoms with Crippen molar-refractivity contribution in [2.24, 2.45) is 0 Å². The Morgan fingerprint density at radius 1 is 1.50 bits per heavy atom. The largest absolute Gasteiger partial charge is 0.385 e. The van der Waals surface area contributed by atoms with Crippen LogP contribution in [0.1, 0.15) is 25.1 Å². The van der Waals surface area contributed by atoms with Crippen molar-refractivity contribution in [3.05, 3.63) is 22.4 Å². The summed E-state index contributed by atoms with van der Waals surface area (Å²) in [5.41, 5.74) is 0. The van der Waals surface area contributed by atoms with Gasteiger partial charge in [-0.05, 0) is 37.9 Å². The Labute approximate surface area is 115 Å². The van der Waals surface area contributed by atoms with E-state index in [0.717, 1.165) is 39.2 Å². The fourth-order valence-electron chi connectivity index (χ4n) is 1.96. The maximum Gasteiger partial charge on any atom is 0.0474 e. The lowest BCUT2D eigenvalue weighted by atomic mass is 10.2. The number of likely N-dealkylation sites (N-methyl/N-ethyl adjacent to an activating group) is 1. The topological polar surface area (TPSA) is 24.5 Å². The molecule has 1 unspecified atom stereocenters. The summed E-state index contributed by atoms with van der Waals surface area (Å²) in [7, 11) is 1.75. The van der Waals surface area contributed by atoms with Crippen LogP contribution in [-0.2, 0) is 11.3 Å². The molecule has 1 N–H and O–H groups in total. The molecule has 1 aromatic heterocycles. The molecule has 0 saturated heterocycles. The van der Waals surface area contributed by atoms with E-state index in [1.807, 2.05) is 11.3 Å². The van der Waals surface area contributed by atoms with Crippen molar-refractivity contribution in [3.8, 4) is 0 Å². The molecule has 1 aromatic rings. The van der Waals surface area contributed by atoms with Crippen molar-refractivity contribution in [3.63, 3.8) is 0 Å². The average Bonchev–Trinajstić information content (AvgIpc) is 2.88. The van der Waals surface area contributed by atoms with Crippen molar-refractivity contribution in [1.29, 1.82) is 0 Å². The summed E-state index contributed by atoms with van der Waals surface area (Å²) in [6, 6.07) is 4.91. The van der Waals surface area contributed by atoms with Crippen LogP contribution in [0.3, 0.4) is 0 Å². The first-order chi connectivity index (χ1) is 8.77. The normalized spacial score (nSPS) is 13.1. The zero-order chi connectivity index (χ0) is 13.2. The van der Waals surface area contributed by atoms with Gasteiger partial charge in [0.1, 0.15) is 0 Å². The minimum Gasteiger partial charge on any atom is -0.385 e. The Bertz CT molecular complexity index is 290. The highest BCUT2D eigenvalue weighted by Gasteiger charge is 2.12. The van der Waals surface area contributed by atoms with Gasteiger partial charge in [0.2, 0.25) is 0 Å². The Kier molecular flexibility index (Phi) is 8.25. The van der Waals surface area contributed by atoms with E-state index in [2.05, 4.69) is 41.6 Å². The Morgan fingerprint density at radius 3 is 2.94 bits per heavy atom. The number of nitrogens with one attached hydrogen (secondary N) is 1. The third-order valence-electron chi connectivity index (χ3n) is 3.11. The lowest BCUT2D eigenvalue weighted by Gasteiger charge is -2.27. The average molecular weight is 270 g/mol. The zero-order valence-corrected chi connectivity index (χ0v) is 12.6. The third-order valence-corrected chi connectivity index (χ3v) is 3.97. The predicted octanol–water partition coefficient (Wildman–Crippen LogP) is 2.58. The summed E-state index contributed by atoms with van der Waals surface area (Å²) in [5.74, 6) is 0. The van der Waals surface area contributed by atoms with E-state index in [-0.39, 0.29) is 0 Å². The number of hydrogen-bond donors (Lipinski definition) is 1. The number of ether oxygens (including phenoxy) is 1. The molecule has 0 amide bonds. The third kappa shape index (κ3) is 5.96. The second-order valence-electron chi connectivity index (χ2n) is 4.54. The number of hydrogen-bond acceptors (Lipinski definition) is 4. The van der Waals surface area contributed by atoms with Crippen LogP contribution < -0.4 is 5.32 Å². The molecule has 104 valence electrons. The van der Waals surface area contributed by atoms with Crippen molar-refractivity contribution in [1.82, 2.24) is 10.2 Å². The quantitative estimate of drug-likeness (QED) is 0.661.